The van der Waals surface area contributed by atoms with Crippen molar-refractivity contribution < 1.29 is 9.53 Å². The first-order valence-corrected chi connectivity index (χ1v) is 11.3. The maximum atomic E-state index is 13.0. The molecule has 0 spiro atoms. The Hall–Kier alpha value is -3.13. The van der Waals surface area contributed by atoms with Gasteiger partial charge in [-0.15, -0.1) is 0 Å². The lowest BCUT2D eigenvalue weighted by atomic mass is 9.96. The van der Waals surface area contributed by atoms with Crippen LogP contribution >= 0.6 is 0 Å². The largest absolute Gasteiger partial charge is 0.497 e. The van der Waals surface area contributed by atoms with Crippen LogP contribution in [0, 0.1) is 5.92 Å². The number of fused-ring (bicyclic) bond motifs is 2. The first-order chi connectivity index (χ1) is 15.6. The van der Waals surface area contributed by atoms with Gasteiger partial charge in [0, 0.05) is 51.3 Å². The molecule has 32 heavy (non-hydrogen) atoms. The second kappa shape index (κ2) is 8.78. The molecule has 0 unspecified atom stereocenters. The molecule has 1 amide bonds. The first-order valence-electron chi connectivity index (χ1n) is 11.3. The predicted molar refractivity (Wildman–Crippen MR) is 123 cm³/mol. The normalized spacial score (nSPS) is 16.4. The average molecular weight is 435 g/mol. The Bertz CT molecular complexity index is 1100. The Morgan fingerprint density at radius 2 is 1.97 bits per heavy atom. The summed E-state index contributed by atoms with van der Waals surface area (Å²) < 4.78 is 7.16. The number of likely N-dealkylation sites (N-methyl/N-ethyl adjacent to an activating group) is 1. The lowest BCUT2D eigenvalue weighted by Gasteiger charge is -2.42. The summed E-state index contributed by atoms with van der Waals surface area (Å²) >= 11 is 0. The molecule has 3 aromatic rings. The molecular formula is C24H30N6O2. The van der Waals surface area contributed by atoms with Crippen molar-refractivity contribution in [2.45, 2.75) is 19.3 Å². The smallest absolute Gasteiger partial charge is 0.229 e. The van der Waals surface area contributed by atoms with Crippen LogP contribution in [0.2, 0.25) is 0 Å². The van der Waals surface area contributed by atoms with Crippen LogP contribution in [0.4, 0.5) is 5.82 Å². The Balaban J connectivity index is 1.24. The fourth-order valence-corrected chi connectivity index (χ4v) is 4.66. The van der Waals surface area contributed by atoms with E-state index in [0.717, 1.165) is 68.3 Å². The standard InChI is InChI=1S/C24H30N6O2/c1-28(14-10-17-3-5-19(32-2)6-4-17)24(31)18-15-29(16-18)23-20-7-11-25-12-8-21(20)27-22-9-13-26-30(22)23/h3-6,9,13,18,25H,7-8,10-12,14-16H2,1-2H3. The molecule has 168 valence electrons. The first kappa shape index (κ1) is 20.8. The molecule has 1 saturated heterocycles. The number of methoxy groups -OCH3 is 1. The summed E-state index contributed by atoms with van der Waals surface area (Å²) in [7, 11) is 3.57. The van der Waals surface area contributed by atoms with Gasteiger partial charge in [0.15, 0.2) is 5.65 Å². The number of anilines is 1. The molecule has 5 rings (SSSR count). The zero-order valence-electron chi connectivity index (χ0n) is 18.8. The predicted octanol–water partition coefficient (Wildman–Crippen LogP) is 1.56. The topological polar surface area (TPSA) is 75.0 Å². The summed E-state index contributed by atoms with van der Waals surface area (Å²) in [6.07, 6.45) is 4.50. The number of nitrogens with one attached hydrogen (secondary N) is 1. The van der Waals surface area contributed by atoms with Gasteiger partial charge in [-0.3, -0.25) is 4.79 Å². The second-order valence-corrected chi connectivity index (χ2v) is 8.67. The summed E-state index contributed by atoms with van der Waals surface area (Å²) in [5, 5.41) is 7.99. The van der Waals surface area contributed by atoms with Gasteiger partial charge in [-0.05, 0) is 37.1 Å². The number of carbonyl (C=O) groups excluding carboxylic acids is 1. The highest BCUT2D eigenvalue weighted by Crippen LogP contribution is 2.32. The van der Waals surface area contributed by atoms with Crippen LogP contribution in [-0.2, 0) is 24.1 Å². The number of hydrogen-bond acceptors (Lipinski definition) is 6. The molecule has 2 aliphatic heterocycles. The molecule has 4 heterocycles. The molecule has 2 aromatic heterocycles. The van der Waals surface area contributed by atoms with Gasteiger partial charge in [-0.25, -0.2) is 4.98 Å². The summed E-state index contributed by atoms with van der Waals surface area (Å²) in [4.78, 5) is 22.0. The van der Waals surface area contributed by atoms with E-state index in [4.69, 9.17) is 9.72 Å². The van der Waals surface area contributed by atoms with E-state index in [1.165, 1.54) is 11.1 Å². The Labute approximate surface area is 188 Å². The van der Waals surface area contributed by atoms with Crippen molar-refractivity contribution in [3.63, 3.8) is 0 Å². The molecule has 0 atom stereocenters. The molecule has 0 aliphatic carbocycles. The van der Waals surface area contributed by atoms with Gasteiger partial charge < -0.3 is 19.9 Å². The molecule has 0 radical (unpaired) electrons. The Kier molecular flexibility index (Phi) is 5.70. The van der Waals surface area contributed by atoms with Gasteiger partial charge in [0.05, 0.1) is 24.9 Å². The summed E-state index contributed by atoms with van der Waals surface area (Å²) in [5.41, 5.74) is 4.51. The number of carbonyl (C=O) groups is 1. The molecule has 8 heteroatoms. The fourth-order valence-electron chi connectivity index (χ4n) is 4.66. The van der Waals surface area contributed by atoms with Crippen LogP contribution in [0.3, 0.4) is 0 Å². The van der Waals surface area contributed by atoms with E-state index in [-0.39, 0.29) is 11.8 Å². The minimum atomic E-state index is 0.0224. The summed E-state index contributed by atoms with van der Waals surface area (Å²) in [5.74, 6) is 2.20. The van der Waals surface area contributed by atoms with Crippen LogP contribution < -0.4 is 15.0 Å². The molecule has 8 nitrogen and oxygen atoms in total. The number of amides is 1. The van der Waals surface area contributed by atoms with Gasteiger partial charge >= 0.3 is 0 Å². The van der Waals surface area contributed by atoms with Gasteiger partial charge in [-0.2, -0.15) is 9.61 Å². The molecule has 0 saturated carbocycles. The van der Waals surface area contributed by atoms with Crippen molar-refractivity contribution in [3.8, 4) is 5.75 Å². The monoisotopic (exact) mass is 434 g/mol. The Morgan fingerprint density at radius 3 is 2.75 bits per heavy atom. The molecule has 1 fully saturated rings. The number of hydrogen-bond donors (Lipinski definition) is 1. The lowest BCUT2D eigenvalue weighted by Crippen LogP contribution is -2.55. The van der Waals surface area contributed by atoms with Crippen molar-refractivity contribution in [1.29, 1.82) is 0 Å². The maximum absolute atomic E-state index is 13.0. The van der Waals surface area contributed by atoms with E-state index < -0.39 is 0 Å². The minimum Gasteiger partial charge on any atom is -0.497 e. The highest BCUT2D eigenvalue weighted by molar-refractivity contribution is 5.82. The van der Waals surface area contributed by atoms with Crippen molar-refractivity contribution in [1.82, 2.24) is 24.8 Å². The van der Waals surface area contributed by atoms with Crippen LogP contribution in [0.1, 0.15) is 16.8 Å². The van der Waals surface area contributed by atoms with E-state index in [9.17, 15) is 4.79 Å². The maximum Gasteiger partial charge on any atom is 0.229 e. The number of benzene rings is 1. The molecule has 1 N–H and O–H groups in total. The van der Waals surface area contributed by atoms with Gasteiger partial charge in [0.1, 0.15) is 11.6 Å². The molecule has 2 aliphatic rings. The van der Waals surface area contributed by atoms with Gasteiger partial charge in [0.2, 0.25) is 5.91 Å². The summed E-state index contributed by atoms with van der Waals surface area (Å²) in [6, 6.07) is 9.99. The minimum absolute atomic E-state index is 0.0224. The van der Waals surface area contributed by atoms with Crippen molar-refractivity contribution >= 4 is 17.4 Å². The van der Waals surface area contributed by atoms with Gasteiger partial charge in [-0.1, -0.05) is 12.1 Å². The molecular weight excluding hydrogens is 404 g/mol. The third-order valence-electron chi connectivity index (χ3n) is 6.58. The molecule has 0 bridgehead atoms. The van der Waals surface area contributed by atoms with Crippen LogP contribution in [0.5, 0.6) is 5.75 Å². The number of aromatic nitrogens is 3. The van der Waals surface area contributed by atoms with E-state index in [1.54, 1.807) is 13.3 Å². The number of ether oxygens (including phenoxy) is 1. The van der Waals surface area contributed by atoms with Crippen LogP contribution in [-0.4, -0.2) is 72.3 Å². The van der Waals surface area contributed by atoms with Gasteiger partial charge in [0.25, 0.3) is 0 Å². The highest BCUT2D eigenvalue weighted by atomic mass is 16.5. The van der Waals surface area contributed by atoms with Crippen molar-refractivity contribution in [2.75, 3.05) is 51.8 Å². The molecule has 1 aromatic carbocycles. The number of nitrogens with zero attached hydrogens (tertiary/aromatic N) is 5. The second-order valence-electron chi connectivity index (χ2n) is 8.67. The van der Waals surface area contributed by atoms with Crippen molar-refractivity contribution in [2.24, 2.45) is 5.92 Å². The average Bonchev–Trinajstić information content (AvgIpc) is 3.13. The van der Waals surface area contributed by atoms with Crippen molar-refractivity contribution in [3.05, 3.63) is 53.3 Å². The van der Waals surface area contributed by atoms with E-state index >= 15 is 0 Å². The van der Waals surface area contributed by atoms with Crippen LogP contribution in [0.15, 0.2) is 36.5 Å². The SMILES string of the molecule is COc1ccc(CCN(C)C(=O)C2CN(c3c4c(nc5ccnn35)CCNCC4)C2)cc1. The zero-order chi connectivity index (χ0) is 22.1. The Morgan fingerprint density at radius 1 is 1.19 bits per heavy atom. The van der Waals surface area contributed by atoms with E-state index in [1.807, 2.05) is 34.7 Å². The van der Waals surface area contributed by atoms with E-state index in [0.29, 0.717) is 6.54 Å². The zero-order valence-corrected chi connectivity index (χ0v) is 18.8. The quantitative estimate of drug-likeness (QED) is 0.635. The highest BCUT2D eigenvalue weighted by Gasteiger charge is 2.37. The van der Waals surface area contributed by atoms with E-state index in [2.05, 4.69) is 27.4 Å². The summed E-state index contributed by atoms with van der Waals surface area (Å²) in [6.45, 7) is 4.05. The van der Waals surface area contributed by atoms with Crippen LogP contribution in [0.25, 0.3) is 5.65 Å². The lowest BCUT2D eigenvalue weighted by molar-refractivity contribution is -0.134. The third-order valence-corrected chi connectivity index (χ3v) is 6.58. The number of rotatable bonds is 6. The third kappa shape index (κ3) is 3.90. The fraction of sp³-hybridized carbons (Fsp3) is 0.458.